The zero-order chi connectivity index (χ0) is 20.2. The number of fused-ring (bicyclic) bond motifs is 1. The number of carbonyl (C=O) groups is 1. The van der Waals surface area contributed by atoms with E-state index in [-0.39, 0.29) is 18.0 Å². The van der Waals surface area contributed by atoms with E-state index in [1.807, 2.05) is 37.3 Å². The van der Waals surface area contributed by atoms with Gasteiger partial charge in [0.2, 0.25) is 5.91 Å². The first-order valence-electron chi connectivity index (χ1n) is 9.15. The van der Waals surface area contributed by atoms with E-state index in [0.717, 1.165) is 22.2 Å². The van der Waals surface area contributed by atoms with Crippen LogP contribution < -0.4 is 15.6 Å². The Morgan fingerprint density at radius 1 is 1.17 bits per heavy atom. The van der Waals surface area contributed by atoms with Crippen molar-refractivity contribution in [3.63, 3.8) is 0 Å². The van der Waals surface area contributed by atoms with Crippen molar-refractivity contribution < 1.29 is 9.53 Å². The molecule has 8 nitrogen and oxygen atoms in total. The quantitative estimate of drug-likeness (QED) is 0.528. The van der Waals surface area contributed by atoms with Crippen LogP contribution in [0.15, 0.2) is 65.8 Å². The third-order valence-corrected chi connectivity index (χ3v) is 4.38. The predicted molar refractivity (Wildman–Crippen MR) is 110 cm³/mol. The molecule has 2 heterocycles. The Labute approximate surface area is 166 Å². The molecule has 0 aliphatic heterocycles. The molecule has 0 atom stereocenters. The first kappa shape index (κ1) is 18.4. The average molecular weight is 389 g/mol. The lowest BCUT2D eigenvalue weighted by Crippen LogP contribution is -2.27. The van der Waals surface area contributed by atoms with Gasteiger partial charge in [-0.2, -0.15) is 5.10 Å². The van der Waals surface area contributed by atoms with Gasteiger partial charge in [-0.25, -0.2) is 4.98 Å². The number of amides is 1. The van der Waals surface area contributed by atoms with Crippen molar-refractivity contribution in [1.29, 1.82) is 0 Å². The molecule has 4 aromatic rings. The fourth-order valence-electron chi connectivity index (χ4n) is 2.96. The lowest BCUT2D eigenvalue weighted by molar-refractivity contribution is -0.116. The van der Waals surface area contributed by atoms with Gasteiger partial charge in [-0.15, -0.1) is 0 Å². The van der Waals surface area contributed by atoms with Crippen molar-refractivity contribution in [2.24, 2.45) is 0 Å². The molecule has 0 saturated carbocycles. The van der Waals surface area contributed by atoms with Gasteiger partial charge in [0.05, 0.1) is 30.3 Å². The molecule has 2 N–H and O–H groups in total. The zero-order valence-corrected chi connectivity index (χ0v) is 15.8. The smallest absolute Gasteiger partial charge is 0.254 e. The summed E-state index contributed by atoms with van der Waals surface area (Å²) in [4.78, 5) is 29.0. The fraction of sp³-hybridized carbons (Fsp3) is 0.143. The van der Waals surface area contributed by atoms with Gasteiger partial charge in [0.15, 0.2) is 0 Å². The number of hydrogen-bond acceptors (Lipinski definition) is 5. The Hall–Kier alpha value is -3.94. The van der Waals surface area contributed by atoms with Gasteiger partial charge in [0.25, 0.3) is 5.56 Å². The van der Waals surface area contributed by atoms with Crippen molar-refractivity contribution in [1.82, 2.24) is 19.7 Å². The number of H-pyrrole nitrogens is 1. The number of nitrogens with one attached hydrogen (secondary N) is 2. The highest BCUT2D eigenvalue weighted by molar-refractivity contribution is 5.93. The normalized spacial score (nSPS) is 10.8. The van der Waals surface area contributed by atoms with E-state index >= 15 is 0 Å². The standard InChI is InChI=1S/C21H19N5O3/c1-2-29-17-7-4-14(5-8-17)18-10-21(28)26(13-22-18)12-20(27)24-16-6-3-15-11-23-25-19(15)9-16/h3-11,13H,2,12H2,1H3,(H,23,25)(H,24,27). The second-order valence-electron chi connectivity index (χ2n) is 6.42. The Balaban J connectivity index is 1.46. The maximum Gasteiger partial charge on any atom is 0.254 e. The van der Waals surface area contributed by atoms with Crippen LogP contribution in [0.2, 0.25) is 0 Å². The molecule has 0 saturated heterocycles. The van der Waals surface area contributed by atoms with E-state index < -0.39 is 0 Å². The monoisotopic (exact) mass is 389 g/mol. The second-order valence-corrected chi connectivity index (χ2v) is 6.42. The van der Waals surface area contributed by atoms with Crippen LogP contribution in [-0.4, -0.2) is 32.3 Å². The molecule has 0 fully saturated rings. The molecule has 0 aliphatic rings. The lowest BCUT2D eigenvalue weighted by Gasteiger charge is -2.09. The summed E-state index contributed by atoms with van der Waals surface area (Å²) in [7, 11) is 0. The first-order valence-corrected chi connectivity index (χ1v) is 9.15. The van der Waals surface area contributed by atoms with Gasteiger partial charge >= 0.3 is 0 Å². The van der Waals surface area contributed by atoms with Crippen molar-refractivity contribution in [2.75, 3.05) is 11.9 Å². The Kier molecular flexibility index (Phi) is 5.07. The molecule has 0 radical (unpaired) electrons. The molecule has 2 aromatic carbocycles. The fourth-order valence-corrected chi connectivity index (χ4v) is 2.96. The number of carbonyl (C=O) groups excluding carboxylic acids is 1. The number of rotatable bonds is 6. The summed E-state index contributed by atoms with van der Waals surface area (Å²) in [5.41, 5.74) is 2.48. The topological polar surface area (TPSA) is 102 Å². The van der Waals surface area contributed by atoms with E-state index in [4.69, 9.17) is 4.74 Å². The molecule has 8 heteroatoms. The maximum atomic E-state index is 12.4. The van der Waals surface area contributed by atoms with E-state index in [1.165, 1.54) is 17.0 Å². The van der Waals surface area contributed by atoms with Crippen molar-refractivity contribution in [3.05, 3.63) is 71.4 Å². The molecule has 2 aromatic heterocycles. The molecule has 4 rings (SSSR count). The molecule has 0 unspecified atom stereocenters. The first-order chi connectivity index (χ1) is 14.1. The molecule has 1 amide bonds. The van der Waals surface area contributed by atoms with Crippen molar-refractivity contribution in [2.45, 2.75) is 13.5 Å². The van der Waals surface area contributed by atoms with Crippen LogP contribution in [0.5, 0.6) is 5.75 Å². The van der Waals surface area contributed by atoms with Crippen LogP contribution in [0.1, 0.15) is 6.92 Å². The van der Waals surface area contributed by atoms with Gasteiger partial charge in [-0.1, -0.05) is 0 Å². The highest BCUT2D eigenvalue weighted by atomic mass is 16.5. The Morgan fingerprint density at radius 3 is 2.76 bits per heavy atom. The number of ether oxygens (including phenoxy) is 1. The molecule has 0 aliphatic carbocycles. The van der Waals surface area contributed by atoms with Crippen LogP contribution in [-0.2, 0) is 11.3 Å². The van der Waals surface area contributed by atoms with E-state index in [9.17, 15) is 9.59 Å². The van der Waals surface area contributed by atoms with Crippen molar-refractivity contribution in [3.8, 4) is 17.0 Å². The maximum absolute atomic E-state index is 12.4. The van der Waals surface area contributed by atoms with Crippen LogP contribution in [0.3, 0.4) is 0 Å². The SMILES string of the molecule is CCOc1ccc(-c2cc(=O)n(CC(=O)Nc3ccc4cn[nH]c4c3)cn2)cc1. The largest absolute Gasteiger partial charge is 0.494 e. The highest BCUT2D eigenvalue weighted by Gasteiger charge is 2.09. The summed E-state index contributed by atoms with van der Waals surface area (Å²) >= 11 is 0. The highest BCUT2D eigenvalue weighted by Crippen LogP contribution is 2.20. The summed E-state index contributed by atoms with van der Waals surface area (Å²) in [5.74, 6) is 0.441. The number of anilines is 1. The van der Waals surface area contributed by atoms with Gasteiger partial charge in [-0.3, -0.25) is 19.3 Å². The minimum absolute atomic E-state index is 0.129. The Bertz CT molecular complexity index is 1210. The summed E-state index contributed by atoms with van der Waals surface area (Å²) < 4.78 is 6.68. The van der Waals surface area contributed by atoms with E-state index in [2.05, 4.69) is 20.5 Å². The molecular weight excluding hydrogens is 370 g/mol. The Morgan fingerprint density at radius 2 is 2.00 bits per heavy atom. The van der Waals surface area contributed by atoms with Gasteiger partial charge < -0.3 is 10.1 Å². The number of aromatic amines is 1. The number of benzene rings is 2. The van der Waals surface area contributed by atoms with Gasteiger partial charge in [0.1, 0.15) is 12.3 Å². The minimum Gasteiger partial charge on any atom is -0.494 e. The summed E-state index contributed by atoms with van der Waals surface area (Å²) in [6.45, 7) is 2.38. The van der Waals surface area contributed by atoms with Gasteiger partial charge in [-0.05, 0) is 49.4 Å². The number of aromatic nitrogens is 4. The summed E-state index contributed by atoms with van der Waals surface area (Å²) in [6.07, 6.45) is 3.09. The number of hydrogen-bond donors (Lipinski definition) is 2. The van der Waals surface area contributed by atoms with Gasteiger partial charge in [0, 0.05) is 22.7 Å². The lowest BCUT2D eigenvalue weighted by atomic mass is 10.1. The molecule has 0 spiro atoms. The second kappa shape index (κ2) is 7.97. The summed E-state index contributed by atoms with van der Waals surface area (Å²) in [5, 5.41) is 10.5. The van der Waals surface area contributed by atoms with Crippen LogP contribution in [0.25, 0.3) is 22.2 Å². The third kappa shape index (κ3) is 4.16. The predicted octanol–water partition coefficient (Wildman–Crippen LogP) is 2.82. The average Bonchev–Trinajstić information content (AvgIpc) is 3.18. The molecule has 146 valence electrons. The molecule has 0 bridgehead atoms. The summed E-state index contributed by atoms with van der Waals surface area (Å²) in [6, 6.07) is 14.2. The van der Waals surface area contributed by atoms with Crippen molar-refractivity contribution >= 4 is 22.5 Å². The molecule has 29 heavy (non-hydrogen) atoms. The van der Waals surface area contributed by atoms with Crippen LogP contribution >= 0.6 is 0 Å². The van der Waals surface area contributed by atoms with Crippen LogP contribution in [0, 0.1) is 0 Å². The molecular formula is C21H19N5O3. The minimum atomic E-state index is -0.318. The number of nitrogens with zero attached hydrogens (tertiary/aromatic N) is 3. The zero-order valence-electron chi connectivity index (χ0n) is 15.8. The van der Waals surface area contributed by atoms with E-state index in [1.54, 1.807) is 18.3 Å². The van der Waals surface area contributed by atoms with E-state index in [0.29, 0.717) is 18.0 Å². The third-order valence-electron chi connectivity index (χ3n) is 4.38. The van der Waals surface area contributed by atoms with Crippen LogP contribution in [0.4, 0.5) is 5.69 Å².